The Morgan fingerprint density at radius 3 is 2.44 bits per heavy atom. The van der Waals surface area contributed by atoms with Gasteiger partial charge in [0, 0.05) is 25.4 Å². The highest BCUT2D eigenvalue weighted by atomic mass is 32.2. The molecule has 2 N–H and O–H groups in total. The molecule has 0 spiro atoms. The van der Waals surface area contributed by atoms with Gasteiger partial charge in [-0.3, -0.25) is 14.9 Å². The van der Waals surface area contributed by atoms with E-state index in [-0.39, 0.29) is 23.5 Å². The van der Waals surface area contributed by atoms with Crippen molar-refractivity contribution in [3.63, 3.8) is 0 Å². The minimum atomic E-state index is -4.55. The Balaban J connectivity index is 2.15. The molecule has 1 aromatic rings. The lowest BCUT2D eigenvalue weighted by atomic mass is 9.96. The number of hydrogen-bond acceptors (Lipinski definition) is 5. The Hall–Kier alpha value is -2.00. The highest BCUT2D eigenvalue weighted by Gasteiger charge is 2.33. The van der Waals surface area contributed by atoms with E-state index in [4.69, 9.17) is 0 Å². The van der Waals surface area contributed by atoms with E-state index in [0.717, 1.165) is 31.4 Å². The van der Waals surface area contributed by atoms with Crippen LogP contribution in [0, 0.1) is 0 Å². The van der Waals surface area contributed by atoms with E-state index in [1.54, 1.807) is 0 Å². The van der Waals surface area contributed by atoms with Gasteiger partial charge in [-0.25, -0.2) is 0 Å². The van der Waals surface area contributed by atoms with Crippen LogP contribution < -0.4 is 10.2 Å². The molecule has 0 aliphatic carbocycles. The molecule has 2 heterocycles. The molecule has 1 aromatic carbocycles. The van der Waals surface area contributed by atoms with Crippen molar-refractivity contribution < 1.29 is 27.9 Å². The number of rotatable bonds is 4. The van der Waals surface area contributed by atoms with Gasteiger partial charge in [-0.15, -0.1) is 0 Å². The van der Waals surface area contributed by atoms with E-state index in [0.29, 0.717) is 36.1 Å². The quantitative estimate of drug-likeness (QED) is 0.757. The van der Waals surface area contributed by atoms with E-state index < -0.39 is 22.9 Å². The lowest BCUT2D eigenvalue weighted by Crippen LogP contribution is -2.31. The fraction of sp³-hybridized carbons (Fsp3) is 0.444. The monoisotopic (exact) mass is 400 g/mol. The van der Waals surface area contributed by atoms with Gasteiger partial charge in [0.25, 0.3) is 11.1 Å². The molecule has 0 radical (unpaired) electrons. The van der Waals surface area contributed by atoms with Gasteiger partial charge in [-0.1, -0.05) is 0 Å². The van der Waals surface area contributed by atoms with Gasteiger partial charge in [0.15, 0.2) is 0 Å². The molecule has 0 aromatic heterocycles. The third-order valence-electron chi connectivity index (χ3n) is 4.58. The van der Waals surface area contributed by atoms with E-state index in [1.807, 2.05) is 4.90 Å². The second kappa shape index (κ2) is 7.93. The summed E-state index contributed by atoms with van der Waals surface area (Å²) in [7, 11) is 0. The van der Waals surface area contributed by atoms with Crippen molar-refractivity contribution in [2.75, 3.05) is 24.6 Å². The average molecular weight is 400 g/mol. The first kappa shape index (κ1) is 19.8. The summed E-state index contributed by atoms with van der Waals surface area (Å²) in [6.45, 7) is 1.05. The number of imide groups is 1. The fourth-order valence-electron chi connectivity index (χ4n) is 3.33. The maximum Gasteiger partial charge on any atom is 0.416 e. The van der Waals surface area contributed by atoms with Gasteiger partial charge in [-0.2, -0.15) is 13.2 Å². The Kier molecular flexibility index (Phi) is 5.81. The van der Waals surface area contributed by atoms with Crippen LogP contribution in [0.15, 0.2) is 17.0 Å². The number of piperidine rings is 1. The first-order valence-electron chi connectivity index (χ1n) is 8.64. The first-order valence-corrected chi connectivity index (χ1v) is 9.46. The number of hydrogen-bond donors (Lipinski definition) is 2. The van der Waals surface area contributed by atoms with E-state index in [1.165, 1.54) is 6.08 Å². The van der Waals surface area contributed by atoms with Crippen LogP contribution >= 0.6 is 11.8 Å². The van der Waals surface area contributed by atoms with Crippen LogP contribution in [0.5, 0.6) is 0 Å². The van der Waals surface area contributed by atoms with Crippen molar-refractivity contribution in [2.45, 2.75) is 31.9 Å². The number of benzene rings is 1. The van der Waals surface area contributed by atoms with Gasteiger partial charge in [-0.05, 0) is 66.8 Å². The smallest absolute Gasteiger partial charge is 0.396 e. The van der Waals surface area contributed by atoms with Crippen molar-refractivity contribution in [3.05, 3.63) is 33.7 Å². The molecule has 2 fully saturated rings. The third-order valence-corrected chi connectivity index (χ3v) is 5.39. The molecule has 146 valence electrons. The predicted octanol–water partition coefficient (Wildman–Crippen LogP) is 3.55. The molecule has 0 saturated carbocycles. The number of nitrogens with zero attached hydrogens (tertiary/aromatic N) is 1. The van der Waals surface area contributed by atoms with Gasteiger partial charge < -0.3 is 10.0 Å². The summed E-state index contributed by atoms with van der Waals surface area (Å²) in [5.74, 6) is -0.628. The number of carbonyl (C=O) groups is 2. The molecule has 2 aliphatic rings. The Morgan fingerprint density at radius 2 is 1.89 bits per heavy atom. The van der Waals surface area contributed by atoms with Crippen molar-refractivity contribution in [2.24, 2.45) is 0 Å². The normalized spacial score (nSPS) is 19.7. The van der Waals surface area contributed by atoms with Crippen LogP contribution in [-0.4, -0.2) is 35.9 Å². The van der Waals surface area contributed by atoms with E-state index in [2.05, 4.69) is 5.32 Å². The highest BCUT2D eigenvalue weighted by molar-refractivity contribution is 8.18. The Morgan fingerprint density at radius 1 is 1.19 bits per heavy atom. The molecule has 9 heteroatoms. The van der Waals surface area contributed by atoms with E-state index >= 15 is 0 Å². The number of carbonyl (C=O) groups excluding carboxylic acids is 2. The Bertz CT molecular complexity index is 787. The zero-order valence-electron chi connectivity index (χ0n) is 14.4. The van der Waals surface area contributed by atoms with Crippen molar-refractivity contribution >= 4 is 34.7 Å². The van der Waals surface area contributed by atoms with Crippen LogP contribution in [0.2, 0.25) is 0 Å². The number of anilines is 1. The number of thioether (sulfide) groups is 1. The van der Waals surface area contributed by atoms with Crippen molar-refractivity contribution in [1.82, 2.24) is 5.32 Å². The van der Waals surface area contributed by atoms with Crippen molar-refractivity contribution in [3.8, 4) is 0 Å². The molecule has 2 amide bonds. The molecular weight excluding hydrogens is 381 g/mol. The summed E-state index contributed by atoms with van der Waals surface area (Å²) < 4.78 is 40.4. The summed E-state index contributed by atoms with van der Waals surface area (Å²) in [6.07, 6.45) is -0.283. The highest BCUT2D eigenvalue weighted by Crippen LogP contribution is 2.38. The number of aliphatic hydroxyl groups is 1. The van der Waals surface area contributed by atoms with Crippen molar-refractivity contribution in [1.29, 1.82) is 0 Å². The third kappa shape index (κ3) is 4.47. The molecule has 0 unspecified atom stereocenters. The predicted molar refractivity (Wildman–Crippen MR) is 97.4 cm³/mol. The Labute approximate surface area is 158 Å². The molecule has 0 atom stereocenters. The minimum Gasteiger partial charge on any atom is -0.396 e. The molecule has 2 aliphatic heterocycles. The SMILES string of the molecule is O=C1NC(=O)/C(=C\c2cc(C(F)(F)F)cc(N3CCCCC3)c2CCO)S1. The van der Waals surface area contributed by atoms with Crippen LogP contribution in [0.25, 0.3) is 6.08 Å². The topological polar surface area (TPSA) is 69.6 Å². The summed E-state index contributed by atoms with van der Waals surface area (Å²) in [4.78, 5) is 25.1. The zero-order valence-corrected chi connectivity index (χ0v) is 15.3. The van der Waals surface area contributed by atoms with Gasteiger partial charge in [0.05, 0.1) is 10.5 Å². The summed E-state index contributed by atoms with van der Waals surface area (Å²) in [5.41, 5.74) is 0.367. The van der Waals surface area contributed by atoms with Gasteiger partial charge in [0.1, 0.15) is 0 Å². The van der Waals surface area contributed by atoms with Crippen LogP contribution in [0.4, 0.5) is 23.7 Å². The molecule has 27 heavy (non-hydrogen) atoms. The van der Waals surface area contributed by atoms with Crippen LogP contribution in [0.1, 0.15) is 36.0 Å². The maximum atomic E-state index is 13.5. The molecule has 5 nitrogen and oxygen atoms in total. The van der Waals surface area contributed by atoms with Gasteiger partial charge in [0.2, 0.25) is 0 Å². The number of nitrogens with one attached hydrogen (secondary N) is 1. The average Bonchev–Trinajstić information content (AvgIpc) is 2.93. The lowest BCUT2D eigenvalue weighted by Gasteiger charge is -2.32. The zero-order chi connectivity index (χ0) is 19.6. The number of amides is 2. The minimum absolute atomic E-state index is 0.0445. The van der Waals surface area contributed by atoms with Crippen LogP contribution in [-0.2, 0) is 17.4 Å². The molecular formula is C18H19F3N2O3S. The first-order chi connectivity index (χ1) is 12.8. The second-order valence-electron chi connectivity index (χ2n) is 6.43. The number of alkyl halides is 3. The van der Waals surface area contributed by atoms with Crippen LogP contribution in [0.3, 0.4) is 0 Å². The summed E-state index contributed by atoms with van der Waals surface area (Å²) in [5, 5.41) is 11.0. The summed E-state index contributed by atoms with van der Waals surface area (Å²) in [6, 6.07) is 2.09. The molecule has 3 rings (SSSR count). The lowest BCUT2D eigenvalue weighted by molar-refractivity contribution is -0.137. The second-order valence-corrected chi connectivity index (χ2v) is 7.45. The fourth-order valence-corrected chi connectivity index (χ4v) is 4.01. The molecule has 0 bridgehead atoms. The largest absolute Gasteiger partial charge is 0.416 e. The summed E-state index contributed by atoms with van der Waals surface area (Å²) >= 11 is 0.654. The number of halogens is 3. The van der Waals surface area contributed by atoms with E-state index in [9.17, 15) is 27.9 Å². The van der Waals surface area contributed by atoms with Gasteiger partial charge >= 0.3 is 6.18 Å². The maximum absolute atomic E-state index is 13.5. The molecule has 2 saturated heterocycles. The standard InChI is InChI=1S/C18H19F3N2O3S/c19-18(20,21)12-8-11(9-15-16(25)22-17(26)27-15)13(4-7-24)14(10-12)23-5-2-1-3-6-23/h8-10,24H,1-7H2,(H,22,25,26)/b15-9+. The number of aliphatic hydroxyl groups excluding tert-OH is 1.